The summed E-state index contributed by atoms with van der Waals surface area (Å²) >= 11 is 0. The number of allylic oxidation sites excluding steroid dienone is 5. The molecule has 69 heavy (non-hydrogen) atoms. The van der Waals surface area contributed by atoms with Gasteiger partial charge in [0.15, 0.2) is 69.8 Å². The lowest BCUT2D eigenvalue weighted by Crippen LogP contribution is -2.28. The largest absolute Gasteiger partial charge is 0.511 e. The van der Waals surface area contributed by atoms with E-state index in [2.05, 4.69) is 0 Å². The maximum absolute atomic E-state index is 14.8. The molecule has 4 aliphatic rings. The van der Waals surface area contributed by atoms with Crippen molar-refractivity contribution in [1.82, 2.24) is 0 Å². The quantitative estimate of drug-likeness (QED) is 0.103. The molecule has 11 rings (SSSR count). The minimum atomic E-state index is -1.74. The van der Waals surface area contributed by atoms with Gasteiger partial charge in [0.1, 0.15) is 22.7 Å². The Balaban J connectivity index is 1.16. The van der Waals surface area contributed by atoms with Crippen LogP contribution in [0.15, 0.2) is 132 Å². The molecule has 0 saturated heterocycles. The molecule has 1 spiro atoms. The predicted octanol–water partition coefficient (Wildman–Crippen LogP) is 15.8. The molecule has 0 fully saturated rings. The Labute approximate surface area is 384 Å². The van der Waals surface area contributed by atoms with E-state index in [-0.39, 0.29) is 67.1 Å². The molecule has 0 saturated carbocycles. The van der Waals surface area contributed by atoms with E-state index in [1.165, 1.54) is 42.5 Å². The molecule has 2 atom stereocenters. The molecule has 0 aromatic heterocycles. The monoisotopic (exact) mass is 968 g/mol. The van der Waals surface area contributed by atoms with Crippen molar-refractivity contribution in [2.24, 2.45) is 0 Å². The Kier molecular flexibility index (Phi) is 10.2. The molecule has 2 unspecified atom stereocenters. The van der Waals surface area contributed by atoms with Crippen LogP contribution in [0.4, 0.5) is 52.7 Å². The maximum Gasteiger partial charge on any atom is 0.275 e. The number of benzene rings is 7. The van der Waals surface area contributed by atoms with Crippen LogP contribution in [0, 0.1) is 69.8 Å². The summed E-state index contributed by atoms with van der Waals surface area (Å²) in [7, 11) is -0.619. The third-order valence-electron chi connectivity index (χ3n) is 12.7. The lowest BCUT2D eigenvalue weighted by atomic mass is 9.73. The van der Waals surface area contributed by atoms with Crippen molar-refractivity contribution < 1.29 is 66.8 Å². The van der Waals surface area contributed by atoms with Crippen LogP contribution in [0.3, 0.4) is 0 Å². The van der Waals surface area contributed by atoms with Gasteiger partial charge in [-0.05, 0) is 181 Å². The van der Waals surface area contributed by atoms with E-state index in [9.17, 15) is 57.8 Å². The highest BCUT2D eigenvalue weighted by molar-refractivity contribution is 7.26. The van der Waals surface area contributed by atoms with E-state index in [4.69, 9.17) is 9.05 Å². The Hall–Kier alpha value is -7.51. The summed E-state index contributed by atoms with van der Waals surface area (Å²) in [4.78, 5) is 0. The van der Waals surface area contributed by atoms with Crippen molar-refractivity contribution in [2.45, 2.75) is 18.3 Å². The van der Waals surface area contributed by atoms with Crippen molar-refractivity contribution in [2.75, 3.05) is 0 Å². The normalized spacial score (nSPS) is 17.1. The number of hydrogen-bond acceptors (Lipinski definition) is 3. The fourth-order valence-electron chi connectivity index (χ4n) is 9.62. The van der Waals surface area contributed by atoms with Gasteiger partial charge in [0.2, 0.25) is 0 Å². The number of hydrogen-bond donors (Lipinski definition) is 1. The first-order valence-corrected chi connectivity index (χ1v) is 21.6. The van der Waals surface area contributed by atoms with Gasteiger partial charge in [-0.2, -0.15) is 0 Å². The van der Waals surface area contributed by atoms with Gasteiger partial charge in [0.05, 0.1) is 0 Å². The molecule has 1 N–H and O–H groups in total. The highest BCUT2D eigenvalue weighted by Gasteiger charge is 2.55. The summed E-state index contributed by atoms with van der Waals surface area (Å²) in [5, 5.41) is 12.5. The second-order valence-electron chi connectivity index (χ2n) is 16.7. The second kappa shape index (κ2) is 16.1. The molecule has 1 heterocycles. The SMILES string of the molecule is OC1=Cc2c(-c3cc(-c4cc(F)c(F)c(F)c4)cc(-c4cc(F)c(F)c(F)c4)c3)ccc3c2C12C=C(c1cc(-c4cc(F)c(F)c(F)c4)cc(-c4cc(F)c(F)c(F)c4)c1)C1=CCCC(=C12)OPO3. The topological polar surface area (TPSA) is 38.7 Å². The van der Waals surface area contributed by atoms with Gasteiger partial charge in [-0.3, -0.25) is 0 Å². The first-order valence-electron chi connectivity index (χ1n) is 20.8. The molecular formula is C53H25F12O3P. The van der Waals surface area contributed by atoms with E-state index in [1.807, 2.05) is 6.08 Å². The molecule has 3 nitrogen and oxygen atoms in total. The van der Waals surface area contributed by atoms with Crippen molar-refractivity contribution in [3.8, 4) is 61.4 Å². The summed E-state index contributed by atoms with van der Waals surface area (Å²) in [6.07, 6.45) is 5.71. The maximum atomic E-state index is 14.8. The van der Waals surface area contributed by atoms with Gasteiger partial charge in [-0.15, -0.1) is 0 Å². The van der Waals surface area contributed by atoms with Crippen LogP contribution in [0.5, 0.6) is 5.75 Å². The number of rotatable bonds is 6. The second-order valence-corrected chi connectivity index (χ2v) is 17.2. The minimum Gasteiger partial charge on any atom is -0.511 e. The van der Waals surface area contributed by atoms with Crippen LogP contribution in [-0.4, -0.2) is 5.11 Å². The fourth-order valence-corrected chi connectivity index (χ4v) is 10.2. The van der Waals surface area contributed by atoms with Crippen molar-refractivity contribution in [3.63, 3.8) is 0 Å². The van der Waals surface area contributed by atoms with Crippen LogP contribution in [0.2, 0.25) is 0 Å². The molecule has 16 heteroatoms. The molecule has 0 radical (unpaired) electrons. The zero-order valence-electron chi connectivity index (χ0n) is 34.7. The average Bonchev–Trinajstić information content (AvgIpc) is 3.83. The zero-order valence-corrected chi connectivity index (χ0v) is 35.7. The predicted molar refractivity (Wildman–Crippen MR) is 234 cm³/mol. The minimum absolute atomic E-state index is 0.0412. The Morgan fingerprint density at radius 3 is 1.28 bits per heavy atom. The summed E-state index contributed by atoms with van der Waals surface area (Å²) in [6.45, 7) is 0. The summed E-state index contributed by atoms with van der Waals surface area (Å²) < 4.78 is 187. The fraction of sp³-hybridized carbons (Fsp3) is 0.0566. The highest BCUT2D eigenvalue weighted by atomic mass is 31.1. The third kappa shape index (κ3) is 6.96. The van der Waals surface area contributed by atoms with Gasteiger partial charge in [0, 0.05) is 17.6 Å². The zero-order chi connectivity index (χ0) is 48.4. The van der Waals surface area contributed by atoms with Gasteiger partial charge < -0.3 is 14.2 Å². The summed E-state index contributed by atoms with van der Waals surface area (Å²) in [5.74, 6) is -18.8. The number of aliphatic hydroxyl groups excluding tert-OH is 1. The van der Waals surface area contributed by atoms with Gasteiger partial charge in [-0.1, -0.05) is 18.2 Å². The molecule has 0 bridgehead atoms. The van der Waals surface area contributed by atoms with E-state index < -0.39 is 84.3 Å². The number of aliphatic hydroxyl groups is 1. The van der Waals surface area contributed by atoms with Crippen LogP contribution in [0.25, 0.3) is 67.3 Å². The molecule has 0 amide bonds. The van der Waals surface area contributed by atoms with Crippen molar-refractivity contribution in [3.05, 3.63) is 218 Å². The van der Waals surface area contributed by atoms with E-state index in [0.717, 1.165) is 48.5 Å². The Morgan fingerprint density at radius 2 is 0.841 bits per heavy atom. The van der Waals surface area contributed by atoms with Crippen LogP contribution >= 0.6 is 9.03 Å². The van der Waals surface area contributed by atoms with Crippen molar-refractivity contribution in [1.29, 1.82) is 0 Å². The Morgan fingerprint density at radius 1 is 0.449 bits per heavy atom. The standard InChI is InChI=1S/C53H25F12O3P/c54-36-12-26(13-37(55)49(36)62)22-6-23(27-14-38(56)50(63)39(57)15-27)9-30(8-22)32-4-5-45-48-34(32)20-46(66)53(48)21-35(33-2-1-3-44(47(33)53)67-69-68-45)31-10-24(28-16-40(58)51(64)41(59)17-28)7-25(11-31)29-18-42(60)52(65)43(61)19-29/h2,4-21,66,69H,1,3H2. The molecule has 344 valence electrons. The van der Waals surface area contributed by atoms with Crippen molar-refractivity contribution >= 4 is 20.7 Å². The molecule has 7 aromatic rings. The lowest BCUT2D eigenvalue weighted by Gasteiger charge is -2.34. The lowest BCUT2D eigenvalue weighted by molar-refractivity contribution is 0.336. The molecule has 7 aromatic carbocycles. The smallest absolute Gasteiger partial charge is 0.275 e. The first-order chi connectivity index (χ1) is 33.0. The van der Waals surface area contributed by atoms with E-state index in [1.54, 1.807) is 18.2 Å². The molecular weight excluding hydrogens is 944 g/mol. The summed E-state index contributed by atoms with van der Waals surface area (Å²) in [5.41, 5.74) is 0.704. The van der Waals surface area contributed by atoms with Gasteiger partial charge in [0.25, 0.3) is 9.03 Å². The van der Waals surface area contributed by atoms with E-state index >= 15 is 0 Å². The first kappa shape index (κ1) is 44.0. The average molecular weight is 969 g/mol. The number of halogens is 12. The van der Waals surface area contributed by atoms with Gasteiger partial charge >= 0.3 is 0 Å². The van der Waals surface area contributed by atoms with E-state index in [0.29, 0.717) is 52.0 Å². The highest BCUT2D eigenvalue weighted by Crippen LogP contribution is 2.64. The molecule has 1 aliphatic heterocycles. The summed E-state index contributed by atoms with van der Waals surface area (Å²) in [6, 6.07) is 17.6. The third-order valence-corrected chi connectivity index (χ3v) is 13.3. The molecule has 3 aliphatic carbocycles. The van der Waals surface area contributed by atoms with Crippen LogP contribution < -0.4 is 4.52 Å². The Bertz CT molecular complexity index is 3350. The van der Waals surface area contributed by atoms with Crippen LogP contribution in [0.1, 0.15) is 29.5 Å². The van der Waals surface area contributed by atoms with Crippen LogP contribution in [-0.2, 0) is 9.94 Å². The van der Waals surface area contributed by atoms with Gasteiger partial charge in [-0.25, -0.2) is 52.7 Å².